The van der Waals surface area contributed by atoms with E-state index in [1.807, 2.05) is 53.4 Å². The maximum Gasteiger partial charge on any atom is 0.233 e. The molecule has 1 amide bonds. The van der Waals surface area contributed by atoms with Gasteiger partial charge in [-0.05, 0) is 44.4 Å². The van der Waals surface area contributed by atoms with Crippen LogP contribution >= 0.6 is 11.8 Å². The molecule has 0 saturated carbocycles. The number of fused-ring (bicyclic) bond motifs is 1. The monoisotopic (exact) mass is 480 g/mol. The molecule has 1 aliphatic heterocycles. The van der Waals surface area contributed by atoms with Gasteiger partial charge in [-0.25, -0.2) is 0 Å². The fourth-order valence-electron chi connectivity index (χ4n) is 4.08. The summed E-state index contributed by atoms with van der Waals surface area (Å²) >= 11 is 1.44. The lowest BCUT2D eigenvalue weighted by atomic mass is 10.1. The Hall–Kier alpha value is -3.00. The molecule has 7 nitrogen and oxygen atoms in total. The number of thioether (sulfide) groups is 1. The van der Waals surface area contributed by atoms with Crippen LogP contribution in [0.15, 0.2) is 53.7 Å². The molecule has 0 spiro atoms. The van der Waals surface area contributed by atoms with Gasteiger partial charge in [-0.15, -0.1) is 10.2 Å². The van der Waals surface area contributed by atoms with E-state index in [9.17, 15) is 4.79 Å². The first-order valence-electron chi connectivity index (χ1n) is 11.8. The quantitative estimate of drug-likeness (QED) is 0.370. The van der Waals surface area contributed by atoms with Gasteiger partial charge in [-0.2, -0.15) is 0 Å². The van der Waals surface area contributed by atoms with Crippen molar-refractivity contribution in [3.63, 3.8) is 0 Å². The van der Waals surface area contributed by atoms with Crippen molar-refractivity contribution in [1.82, 2.24) is 19.7 Å². The van der Waals surface area contributed by atoms with Crippen LogP contribution in [0.3, 0.4) is 0 Å². The minimum atomic E-state index is 0.132. The normalized spacial score (nSPS) is 14.1. The first-order valence-corrected chi connectivity index (χ1v) is 12.8. The van der Waals surface area contributed by atoms with Gasteiger partial charge >= 0.3 is 0 Å². The van der Waals surface area contributed by atoms with Gasteiger partial charge in [0.15, 0.2) is 22.5 Å². The third kappa shape index (κ3) is 5.22. The standard InChI is InChI=1S/C26H32N4O3S/c1-5-18(3)30(19(4)6-2)24(31)16-34-26-28-27-25(21-10-8-7-9-11-21)29(26)15-20-12-13-22-23(14-20)33-17-32-22/h7-14,18-19H,5-6,15-17H2,1-4H3/t18-,19-/m0/s1. The van der Waals surface area contributed by atoms with Crippen LogP contribution in [0.2, 0.25) is 0 Å². The molecule has 4 rings (SSSR count). The van der Waals surface area contributed by atoms with Crippen LogP contribution in [0.4, 0.5) is 0 Å². The molecule has 0 fully saturated rings. The summed E-state index contributed by atoms with van der Waals surface area (Å²) in [5, 5.41) is 9.68. The fourth-order valence-corrected chi connectivity index (χ4v) is 4.89. The average molecular weight is 481 g/mol. The van der Waals surface area contributed by atoms with Gasteiger partial charge in [0.1, 0.15) is 0 Å². The zero-order valence-electron chi connectivity index (χ0n) is 20.2. The van der Waals surface area contributed by atoms with E-state index in [4.69, 9.17) is 9.47 Å². The molecule has 0 bridgehead atoms. The molecular formula is C26H32N4O3S. The zero-order chi connectivity index (χ0) is 24.1. The smallest absolute Gasteiger partial charge is 0.233 e. The Labute approximate surface area is 205 Å². The number of benzene rings is 2. The highest BCUT2D eigenvalue weighted by molar-refractivity contribution is 7.99. The molecule has 0 saturated heterocycles. The molecule has 2 atom stereocenters. The lowest BCUT2D eigenvalue weighted by Gasteiger charge is -2.34. The summed E-state index contributed by atoms with van der Waals surface area (Å²) in [6.07, 6.45) is 1.86. The molecule has 0 aliphatic carbocycles. The molecule has 2 aromatic carbocycles. The van der Waals surface area contributed by atoms with Gasteiger partial charge < -0.3 is 14.4 Å². The Morgan fingerprint density at radius 3 is 2.44 bits per heavy atom. The van der Waals surface area contributed by atoms with E-state index in [0.717, 1.165) is 46.4 Å². The summed E-state index contributed by atoms with van der Waals surface area (Å²) in [4.78, 5) is 15.2. The fraction of sp³-hybridized carbons (Fsp3) is 0.423. The Bertz CT molecular complexity index is 1110. The molecule has 1 aliphatic rings. The summed E-state index contributed by atoms with van der Waals surface area (Å²) in [7, 11) is 0. The van der Waals surface area contributed by atoms with Crippen molar-refractivity contribution in [2.75, 3.05) is 12.5 Å². The number of amides is 1. The van der Waals surface area contributed by atoms with Crippen molar-refractivity contribution in [2.45, 2.75) is 64.3 Å². The minimum absolute atomic E-state index is 0.132. The van der Waals surface area contributed by atoms with Crippen molar-refractivity contribution in [3.05, 3.63) is 54.1 Å². The number of hydrogen-bond donors (Lipinski definition) is 0. The average Bonchev–Trinajstić information content (AvgIpc) is 3.49. The molecule has 3 aromatic rings. The largest absolute Gasteiger partial charge is 0.454 e. The lowest BCUT2D eigenvalue weighted by molar-refractivity contribution is -0.132. The Morgan fingerprint density at radius 2 is 1.74 bits per heavy atom. The second-order valence-electron chi connectivity index (χ2n) is 8.55. The summed E-state index contributed by atoms with van der Waals surface area (Å²) in [5.74, 6) is 2.73. The third-order valence-electron chi connectivity index (χ3n) is 6.27. The number of aromatic nitrogens is 3. The molecule has 180 valence electrons. The van der Waals surface area contributed by atoms with Crippen LogP contribution < -0.4 is 9.47 Å². The SMILES string of the molecule is CC[C@H](C)N(C(=O)CSc1nnc(-c2ccccc2)n1Cc1ccc2c(c1)OCO2)[C@@H](C)CC. The number of carbonyl (C=O) groups excluding carboxylic acids is 1. The van der Waals surface area contributed by atoms with Crippen molar-refractivity contribution < 1.29 is 14.3 Å². The van der Waals surface area contributed by atoms with Crippen molar-refractivity contribution in [1.29, 1.82) is 0 Å². The van der Waals surface area contributed by atoms with Crippen LogP contribution in [0, 0.1) is 0 Å². The maximum absolute atomic E-state index is 13.2. The van der Waals surface area contributed by atoms with Gasteiger partial charge in [-0.3, -0.25) is 9.36 Å². The van der Waals surface area contributed by atoms with Crippen LogP contribution in [0.25, 0.3) is 11.4 Å². The highest BCUT2D eigenvalue weighted by Gasteiger charge is 2.25. The molecule has 0 radical (unpaired) electrons. The molecule has 0 N–H and O–H groups in total. The first-order chi connectivity index (χ1) is 16.5. The van der Waals surface area contributed by atoms with Crippen LogP contribution in [-0.2, 0) is 11.3 Å². The van der Waals surface area contributed by atoms with E-state index in [1.165, 1.54) is 11.8 Å². The number of hydrogen-bond acceptors (Lipinski definition) is 6. The lowest BCUT2D eigenvalue weighted by Crippen LogP contribution is -2.45. The van der Waals surface area contributed by atoms with Crippen LogP contribution in [0.5, 0.6) is 11.5 Å². The molecule has 34 heavy (non-hydrogen) atoms. The second kappa shape index (κ2) is 11.0. The van der Waals surface area contributed by atoms with E-state index in [1.54, 1.807) is 0 Å². The number of ether oxygens (including phenoxy) is 2. The molecule has 2 heterocycles. The van der Waals surface area contributed by atoms with Crippen molar-refractivity contribution in [2.24, 2.45) is 0 Å². The van der Waals surface area contributed by atoms with Gasteiger partial charge in [0, 0.05) is 17.6 Å². The Morgan fingerprint density at radius 1 is 1.03 bits per heavy atom. The number of nitrogens with zero attached hydrogens (tertiary/aromatic N) is 4. The van der Waals surface area contributed by atoms with E-state index < -0.39 is 0 Å². The van der Waals surface area contributed by atoms with Crippen molar-refractivity contribution in [3.8, 4) is 22.9 Å². The van der Waals surface area contributed by atoms with Crippen LogP contribution in [-0.4, -0.2) is 50.2 Å². The summed E-state index contributed by atoms with van der Waals surface area (Å²) in [5.41, 5.74) is 2.03. The molecular weight excluding hydrogens is 448 g/mol. The highest BCUT2D eigenvalue weighted by atomic mass is 32.2. The number of rotatable bonds is 10. The molecule has 0 unspecified atom stereocenters. The summed E-state index contributed by atoms with van der Waals surface area (Å²) < 4.78 is 13.1. The predicted octanol–water partition coefficient (Wildman–Crippen LogP) is 5.24. The van der Waals surface area contributed by atoms with Gasteiger partial charge in [-0.1, -0.05) is 62.0 Å². The maximum atomic E-state index is 13.2. The summed E-state index contributed by atoms with van der Waals surface area (Å²) in [6.45, 7) is 9.27. The highest BCUT2D eigenvalue weighted by Crippen LogP contribution is 2.34. The van der Waals surface area contributed by atoms with E-state index >= 15 is 0 Å². The van der Waals surface area contributed by atoms with Crippen molar-refractivity contribution >= 4 is 17.7 Å². The van der Waals surface area contributed by atoms with Gasteiger partial charge in [0.2, 0.25) is 12.7 Å². The topological polar surface area (TPSA) is 69.5 Å². The van der Waals surface area contributed by atoms with Crippen LogP contribution in [0.1, 0.15) is 46.1 Å². The first kappa shape index (κ1) is 24.1. The predicted molar refractivity (Wildman–Crippen MR) is 134 cm³/mol. The molecule has 1 aromatic heterocycles. The molecule has 8 heteroatoms. The zero-order valence-corrected chi connectivity index (χ0v) is 21.0. The van der Waals surface area contributed by atoms with E-state index in [2.05, 4.69) is 42.5 Å². The Balaban J connectivity index is 1.60. The minimum Gasteiger partial charge on any atom is -0.454 e. The van der Waals surface area contributed by atoms with E-state index in [0.29, 0.717) is 12.3 Å². The number of carbonyl (C=O) groups is 1. The summed E-state index contributed by atoms with van der Waals surface area (Å²) in [6, 6.07) is 16.3. The second-order valence-corrected chi connectivity index (χ2v) is 9.49. The van der Waals surface area contributed by atoms with Gasteiger partial charge in [0.05, 0.1) is 12.3 Å². The van der Waals surface area contributed by atoms with Gasteiger partial charge in [0.25, 0.3) is 0 Å². The third-order valence-corrected chi connectivity index (χ3v) is 7.22. The van der Waals surface area contributed by atoms with E-state index in [-0.39, 0.29) is 24.8 Å². The Kier molecular flexibility index (Phi) is 7.77.